The Bertz CT molecular complexity index is 2380. The minimum atomic E-state index is -2.26. The number of aryl methyl sites for hydroxylation is 1. The van der Waals surface area contributed by atoms with Crippen LogP contribution in [-0.2, 0) is 26.5 Å². The van der Waals surface area contributed by atoms with Crippen LogP contribution in [0, 0.1) is 19.0 Å². The first-order valence-corrected chi connectivity index (χ1v) is 14.6. The number of furan rings is 1. The monoisotopic (exact) mass is 776 g/mol. The molecular formula is C42H30IrN2O-2. The Morgan fingerprint density at radius 1 is 0.674 bits per heavy atom. The zero-order valence-electron chi connectivity index (χ0n) is 29.6. The Morgan fingerprint density at radius 3 is 2.20 bits per heavy atom. The van der Waals surface area contributed by atoms with E-state index < -0.39 is 13.2 Å². The van der Waals surface area contributed by atoms with Crippen molar-refractivity contribution < 1.29 is 31.4 Å². The second kappa shape index (κ2) is 14.3. The van der Waals surface area contributed by atoms with Gasteiger partial charge in [-0.3, -0.25) is 0 Å². The van der Waals surface area contributed by atoms with E-state index in [0.29, 0.717) is 33.5 Å². The Kier molecular flexibility index (Phi) is 7.80. The van der Waals surface area contributed by atoms with E-state index in [9.17, 15) is 0 Å². The van der Waals surface area contributed by atoms with Gasteiger partial charge in [0.2, 0.25) is 0 Å². The van der Waals surface area contributed by atoms with E-state index in [4.69, 9.17) is 11.3 Å². The summed E-state index contributed by atoms with van der Waals surface area (Å²) in [6.45, 7) is -2.26. The van der Waals surface area contributed by atoms with Crippen molar-refractivity contribution in [3.8, 4) is 33.6 Å². The molecule has 0 fully saturated rings. The van der Waals surface area contributed by atoms with Crippen LogP contribution in [0.15, 0.2) is 156 Å². The molecule has 0 N–H and O–H groups in total. The number of hydrogen-bond donors (Lipinski definition) is 0. The van der Waals surface area contributed by atoms with Crippen LogP contribution in [0.3, 0.4) is 0 Å². The Labute approximate surface area is 290 Å². The van der Waals surface area contributed by atoms with Crippen LogP contribution in [0.4, 0.5) is 0 Å². The Morgan fingerprint density at radius 2 is 1.43 bits per heavy atom. The molecule has 3 heterocycles. The molecule has 0 amide bonds. The number of benzene rings is 5. The van der Waals surface area contributed by atoms with Crippen LogP contribution in [0.25, 0.3) is 55.6 Å². The first-order chi connectivity index (χ1) is 24.2. The predicted octanol–water partition coefficient (Wildman–Crippen LogP) is 10.6. The van der Waals surface area contributed by atoms with Crippen molar-refractivity contribution in [2.45, 2.75) is 13.2 Å². The quantitative estimate of drug-likeness (QED) is 0.164. The predicted molar refractivity (Wildman–Crippen MR) is 184 cm³/mol. The van der Waals surface area contributed by atoms with Gasteiger partial charge in [0.1, 0.15) is 5.58 Å². The van der Waals surface area contributed by atoms with Gasteiger partial charge in [0.15, 0.2) is 0 Å². The molecule has 0 unspecified atom stereocenters. The molecule has 0 spiro atoms. The fourth-order valence-corrected chi connectivity index (χ4v) is 5.20. The zero-order chi connectivity index (χ0) is 34.7. The van der Waals surface area contributed by atoms with Gasteiger partial charge in [0.05, 0.1) is 5.58 Å². The van der Waals surface area contributed by atoms with Gasteiger partial charge >= 0.3 is 0 Å². The molecule has 8 aromatic rings. The van der Waals surface area contributed by atoms with E-state index in [2.05, 4.69) is 22.1 Å². The first-order valence-electron chi connectivity index (χ1n) is 17.1. The summed E-state index contributed by atoms with van der Waals surface area (Å²) in [5.74, 6) is 0. The van der Waals surface area contributed by atoms with E-state index in [1.165, 1.54) is 6.20 Å². The van der Waals surface area contributed by atoms with Crippen molar-refractivity contribution in [3.05, 3.63) is 181 Å². The largest absolute Gasteiger partial charge is 0.501 e. The fraction of sp³-hybridized carbons (Fsp3) is 0.0476. The van der Waals surface area contributed by atoms with Crippen molar-refractivity contribution in [2.24, 2.45) is 0 Å². The molecule has 3 nitrogen and oxygen atoms in total. The van der Waals surface area contributed by atoms with Gasteiger partial charge in [-0.1, -0.05) is 108 Å². The molecule has 5 aromatic carbocycles. The molecule has 46 heavy (non-hydrogen) atoms. The molecule has 225 valence electrons. The molecule has 0 saturated carbocycles. The Balaban J connectivity index is 0.000000181. The zero-order valence-corrected chi connectivity index (χ0v) is 27.0. The number of rotatable bonds is 5. The van der Waals surface area contributed by atoms with Crippen molar-refractivity contribution >= 4 is 21.9 Å². The average Bonchev–Trinajstić information content (AvgIpc) is 3.55. The molecule has 0 aliphatic heterocycles. The summed E-state index contributed by atoms with van der Waals surface area (Å²) >= 11 is 0. The molecule has 4 heteroatoms. The third-order valence-electron chi connectivity index (χ3n) is 7.39. The van der Waals surface area contributed by atoms with E-state index in [1.807, 2.05) is 121 Å². The average molecular weight is 776 g/mol. The molecule has 3 aromatic heterocycles. The van der Waals surface area contributed by atoms with E-state index in [0.717, 1.165) is 33.2 Å². The normalized spacial score (nSPS) is 12.8. The molecule has 8 rings (SSSR count). The number of aromatic nitrogens is 2. The summed E-state index contributed by atoms with van der Waals surface area (Å²) in [7, 11) is 0. The summed E-state index contributed by atoms with van der Waals surface area (Å²) in [5.41, 5.74) is 7.41. The molecule has 0 atom stereocenters. The van der Waals surface area contributed by atoms with Gasteiger partial charge in [-0.15, -0.1) is 54.1 Å². The fourth-order valence-electron chi connectivity index (χ4n) is 5.20. The van der Waals surface area contributed by atoms with Gasteiger partial charge in [0.25, 0.3) is 0 Å². The van der Waals surface area contributed by atoms with Crippen molar-refractivity contribution in [3.63, 3.8) is 0 Å². The third-order valence-corrected chi connectivity index (χ3v) is 7.39. The first kappa shape index (κ1) is 25.1. The standard InChI is InChI=1S/C24H16NO.C18H14N.Ir/c1-16-15-25-22(14-21(16)17-8-3-2-4-9-17)20-12-7-11-19-18-10-5-6-13-23(18)26-24(19)20;1-3-7-15(8-4-1)13-16-11-12-18(19-14-16)17-9-5-2-6-10-17;/h2-11,13-15H,1H3;1-9,11-12,14H,13H2;/q2*-1;/i1D3;13D2;. The SMILES string of the molecule is [2H]C([2H])([2H])c1cnc(-c2[c-]ccc3c2oc2ccccc23)cc1-c1ccccc1.[2H]C([2H])(c1ccccc1)c1ccc(-c2[c-]cccc2)nc1.[Ir]. The molecule has 0 bridgehead atoms. The van der Waals surface area contributed by atoms with Gasteiger partial charge in [0, 0.05) is 44.7 Å². The number of pyridine rings is 2. The number of nitrogens with zero attached hydrogens (tertiary/aromatic N) is 2. The summed E-state index contributed by atoms with van der Waals surface area (Å²) in [6.07, 6.45) is 1.50. The maximum Gasteiger partial charge on any atom is 0.120 e. The van der Waals surface area contributed by atoms with Crippen LogP contribution in [-0.4, -0.2) is 9.97 Å². The smallest absolute Gasteiger partial charge is 0.120 e. The summed E-state index contributed by atoms with van der Waals surface area (Å²) in [4.78, 5) is 8.84. The summed E-state index contributed by atoms with van der Waals surface area (Å²) in [6, 6.07) is 49.7. The molecule has 0 aliphatic rings. The molecule has 0 saturated heterocycles. The van der Waals surface area contributed by atoms with Crippen LogP contribution < -0.4 is 0 Å². The second-order valence-corrected chi connectivity index (χ2v) is 10.4. The van der Waals surface area contributed by atoms with E-state index >= 15 is 0 Å². The minimum absolute atomic E-state index is 0. The van der Waals surface area contributed by atoms with Crippen LogP contribution in [0.1, 0.15) is 23.5 Å². The number of hydrogen-bond acceptors (Lipinski definition) is 3. The van der Waals surface area contributed by atoms with Crippen LogP contribution in [0.2, 0.25) is 0 Å². The van der Waals surface area contributed by atoms with E-state index in [1.54, 1.807) is 24.4 Å². The maximum absolute atomic E-state index is 8.30. The van der Waals surface area contributed by atoms with Gasteiger partial charge in [-0.05, 0) is 58.5 Å². The van der Waals surface area contributed by atoms with Crippen LogP contribution >= 0.6 is 0 Å². The minimum Gasteiger partial charge on any atom is -0.501 e. The maximum atomic E-state index is 8.30. The van der Waals surface area contributed by atoms with Gasteiger partial charge in [-0.25, -0.2) is 0 Å². The number of para-hydroxylation sites is 1. The summed E-state index contributed by atoms with van der Waals surface area (Å²) in [5, 5.41) is 2.01. The topological polar surface area (TPSA) is 38.9 Å². The number of fused-ring (bicyclic) bond motifs is 3. The Hall–Kier alpha value is -5.15. The third kappa shape index (κ3) is 6.74. The van der Waals surface area contributed by atoms with Crippen LogP contribution in [0.5, 0.6) is 0 Å². The van der Waals surface area contributed by atoms with Gasteiger partial charge < -0.3 is 14.4 Å². The van der Waals surface area contributed by atoms with Crippen molar-refractivity contribution in [2.75, 3.05) is 0 Å². The molecule has 1 radical (unpaired) electrons. The second-order valence-electron chi connectivity index (χ2n) is 10.4. The molecular weight excluding hydrogens is 741 g/mol. The molecule has 0 aliphatic carbocycles. The van der Waals surface area contributed by atoms with Crippen molar-refractivity contribution in [1.82, 2.24) is 9.97 Å². The van der Waals surface area contributed by atoms with E-state index in [-0.39, 0.29) is 25.7 Å². The van der Waals surface area contributed by atoms with Crippen molar-refractivity contribution in [1.29, 1.82) is 0 Å². The summed E-state index contributed by atoms with van der Waals surface area (Å²) < 4.78 is 46.4. The van der Waals surface area contributed by atoms with Gasteiger partial charge in [-0.2, -0.15) is 0 Å².